The molecule has 1 aliphatic carbocycles. The quantitative estimate of drug-likeness (QED) is 0.252. The smallest absolute Gasteiger partial charge is 0.273 e. The summed E-state index contributed by atoms with van der Waals surface area (Å²) in [5, 5.41) is 11.3. The van der Waals surface area contributed by atoms with Gasteiger partial charge in [0.1, 0.15) is 5.57 Å². The summed E-state index contributed by atoms with van der Waals surface area (Å²) in [5.41, 5.74) is 7.72. The number of hydrogen-bond donors (Lipinski definition) is 4. The minimum atomic E-state index is -0.554. The highest BCUT2D eigenvalue weighted by Gasteiger charge is 2.37. The molecule has 1 saturated heterocycles. The zero-order valence-corrected chi connectivity index (χ0v) is 27.1. The van der Waals surface area contributed by atoms with Crippen LogP contribution in [0.1, 0.15) is 30.0 Å². The standard InChI is InChI=1S/C33H34Cl2N6O5/c1-41-33(44)22(12-13-37-41)31(43)39-23-9-5-7-20(29(23)35)19-6-4-8-21(28(19)34)24-14-17-15-25(45-2)30(27(17)32(40-24)46-3)36-16-18-10-11-26(42)38-18/h4-9,12,14,18,25,30,36-37H,10-11,13,15-16H2,1-3H3,(H,38,42)(H,39,43)/t18-,25-,30-/m0/s1. The SMILES string of the molecule is COc1nc(-c2cccc(-c3cccc(NC(=O)C4=CCNN(C)C4=O)c3Cl)c2Cl)cc2c1[C@@H](NC[C@@H]1CCC(=O)N1)[C@@H](OC)C2. The van der Waals surface area contributed by atoms with Gasteiger partial charge in [-0.2, -0.15) is 0 Å². The summed E-state index contributed by atoms with van der Waals surface area (Å²) in [4.78, 5) is 42.0. The number of hydrazine groups is 1. The van der Waals surface area contributed by atoms with Crippen LogP contribution in [0.5, 0.6) is 5.88 Å². The molecular weight excluding hydrogens is 631 g/mol. The highest BCUT2D eigenvalue weighted by atomic mass is 35.5. The summed E-state index contributed by atoms with van der Waals surface area (Å²) in [6.07, 6.45) is 3.36. The van der Waals surface area contributed by atoms with Crippen LogP contribution in [-0.2, 0) is 25.5 Å². The molecule has 46 heavy (non-hydrogen) atoms. The van der Waals surface area contributed by atoms with E-state index in [1.54, 1.807) is 33.4 Å². The fourth-order valence-corrected chi connectivity index (χ4v) is 6.83. The molecule has 3 aromatic rings. The van der Waals surface area contributed by atoms with Gasteiger partial charge in [0.15, 0.2) is 0 Å². The van der Waals surface area contributed by atoms with Gasteiger partial charge in [-0.3, -0.25) is 19.4 Å². The molecule has 0 unspecified atom stereocenters. The molecule has 3 aliphatic rings. The number of likely N-dealkylation sites (N-methyl/N-ethyl adjacent to an activating group) is 1. The van der Waals surface area contributed by atoms with E-state index in [0.29, 0.717) is 64.9 Å². The number of hydrogen-bond acceptors (Lipinski definition) is 8. The average Bonchev–Trinajstić information content (AvgIpc) is 3.64. The second-order valence-electron chi connectivity index (χ2n) is 11.4. The molecule has 11 nitrogen and oxygen atoms in total. The Morgan fingerprint density at radius 2 is 1.83 bits per heavy atom. The molecule has 3 atom stereocenters. The Morgan fingerprint density at radius 3 is 2.54 bits per heavy atom. The Hall–Kier alpha value is -4.00. The van der Waals surface area contributed by atoms with Crippen molar-refractivity contribution in [2.75, 3.05) is 39.7 Å². The van der Waals surface area contributed by atoms with Gasteiger partial charge in [-0.25, -0.2) is 10.4 Å². The number of anilines is 1. The van der Waals surface area contributed by atoms with E-state index < -0.39 is 11.8 Å². The number of carbonyl (C=O) groups excluding carboxylic acids is 3. The fraction of sp³-hybridized carbons (Fsp3) is 0.333. The Balaban J connectivity index is 1.30. The van der Waals surface area contributed by atoms with Crippen LogP contribution < -0.4 is 26.1 Å². The number of amides is 3. The van der Waals surface area contributed by atoms with Gasteiger partial charge in [0, 0.05) is 68.4 Å². The predicted octanol–water partition coefficient (Wildman–Crippen LogP) is 4.05. The van der Waals surface area contributed by atoms with Gasteiger partial charge in [0.25, 0.3) is 11.8 Å². The van der Waals surface area contributed by atoms with Crippen molar-refractivity contribution in [3.05, 3.63) is 75.3 Å². The van der Waals surface area contributed by atoms with Crippen molar-refractivity contribution in [2.45, 2.75) is 37.5 Å². The van der Waals surface area contributed by atoms with Gasteiger partial charge in [0.05, 0.1) is 40.7 Å². The Morgan fingerprint density at radius 1 is 1.09 bits per heavy atom. The first-order valence-corrected chi connectivity index (χ1v) is 15.7. The molecule has 1 aromatic heterocycles. The number of rotatable bonds is 9. The summed E-state index contributed by atoms with van der Waals surface area (Å²) >= 11 is 13.9. The Bertz CT molecular complexity index is 1750. The molecule has 0 saturated carbocycles. The minimum absolute atomic E-state index is 0.0258. The summed E-state index contributed by atoms with van der Waals surface area (Å²) in [6, 6.07) is 12.7. The number of halogens is 2. The second-order valence-corrected chi connectivity index (χ2v) is 12.1. The highest BCUT2D eigenvalue weighted by molar-refractivity contribution is 6.40. The van der Waals surface area contributed by atoms with E-state index in [9.17, 15) is 14.4 Å². The second kappa shape index (κ2) is 13.4. The van der Waals surface area contributed by atoms with Crippen molar-refractivity contribution in [1.82, 2.24) is 26.1 Å². The third-order valence-corrected chi connectivity index (χ3v) is 9.42. The van der Waals surface area contributed by atoms with Crippen LogP contribution in [0.25, 0.3) is 22.4 Å². The van der Waals surface area contributed by atoms with Crippen molar-refractivity contribution in [1.29, 1.82) is 0 Å². The Kier molecular flexibility index (Phi) is 9.30. The van der Waals surface area contributed by atoms with Crippen LogP contribution >= 0.6 is 23.2 Å². The third kappa shape index (κ3) is 6.08. The maximum atomic E-state index is 13.0. The zero-order chi connectivity index (χ0) is 32.5. The van der Waals surface area contributed by atoms with E-state index in [0.717, 1.165) is 17.5 Å². The van der Waals surface area contributed by atoms with Crippen LogP contribution in [0.3, 0.4) is 0 Å². The first-order valence-electron chi connectivity index (χ1n) is 14.9. The van der Waals surface area contributed by atoms with Crippen LogP contribution in [0.2, 0.25) is 10.0 Å². The molecule has 13 heteroatoms. The number of fused-ring (bicyclic) bond motifs is 1. The average molecular weight is 666 g/mol. The van der Waals surface area contributed by atoms with E-state index in [4.69, 9.17) is 37.7 Å². The lowest BCUT2D eigenvalue weighted by Crippen LogP contribution is -2.46. The molecule has 3 heterocycles. The highest BCUT2D eigenvalue weighted by Crippen LogP contribution is 2.44. The molecular formula is C33H34Cl2N6O5. The topological polar surface area (TPSA) is 134 Å². The molecule has 6 rings (SSSR count). The maximum Gasteiger partial charge on any atom is 0.273 e. The molecule has 2 aliphatic heterocycles. The lowest BCUT2D eigenvalue weighted by molar-refractivity contribution is -0.131. The van der Waals surface area contributed by atoms with Crippen molar-refractivity contribution in [2.24, 2.45) is 0 Å². The monoisotopic (exact) mass is 664 g/mol. The predicted molar refractivity (Wildman–Crippen MR) is 176 cm³/mol. The molecule has 0 bridgehead atoms. The maximum absolute atomic E-state index is 13.0. The van der Waals surface area contributed by atoms with Gasteiger partial charge in [-0.05, 0) is 24.1 Å². The molecule has 1 fully saturated rings. The fourth-order valence-electron chi connectivity index (χ4n) is 6.23. The summed E-state index contributed by atoms with van der Waals surface area (Å²) < 4.78 is 11.7. The van der Waals surface area contributed by atoms with Gasteiger partial charge < -0.3 is 25.4 Å². The number of nitrogens with zero attached hydrogens (tertiary/aromatic N) is 2. The Labute approximate surface area is 276 Å². The zero-order valence-electron chi connectivity index (χ0n) is 25.6. The van der Waals surface area contributed by atoms with Crippen molar-refractivity contribution >= 4 is 46.6 Å². The number of nitrogens with one attached hydrogen (secondary N) is 4. The van der Waals surface area contributed by atoms with Crippen LogP contribution in [-0.4, -0.2) is 74.2 Å². The summed E-state index contributed by atoms with van der Waals surface area (Å²) in [6.45, 7) is 0.961. The largest absolute Gasteiger partial charge is 0.481 e. The van der Waals surface area contributed by atoms with Gasteiger partial charge in [-0.15, -0.1) is 0 Å². The van der Waals surface area contributed by atoms with E-state index in [1.165, 1.54) is 11.1 Å². The molecule has 240 valence electrons. The number of ether oxygens (including phenoxy) is 2. The van der Waals surface area contributed by atoms with E-state index in [-0.39, 0.29) is 34.7 Å². The molecule has 3 amide bonds. The van der Waals surface area contributed by atoms with Gasteiger partial charge in [0.2, 0.25) is 11.8 Å². The lowest BCUT2D eigenvalue weighted by Gasteiger charge is -2.23. The first-order chi connectivity index (χ1) is 22.2. The number of pyridine rings is 1. The minimum Gasteiger partial charge on any atom is -0.481 e. The summed E-state index contributed by atoms with van der Waals surface area (Å²) in [7, 11) is 4.83. The van der Waals surface area contributed by atoms with Crippen molar-refractivity contribution in [3.8, 4) is 28.3 Å². The van der Waals surface area contributed by atoms with Crippen molar-refractivity contribution in [3.63, 3.8) is 0 Å². The molecule has 4 N–H and O–H groups in total. The molecule has 2 aromatic carbocycles. The first kappa shape index (κ1) is 32.0. The van der Waals surface area contributed by atoms with Gasteiger partial charge in [-0.1, -0.05) is 59.6 Å². The third-order valence-electron chi connectivity index (χ3n) is 8.60. The normalized spacial score (nSPS) is 20.8. The van der Waals surface area contributed by atoms with Crippen molar-refractivity contribution < 1.29 is 23.9 Å². The van der Waals surface area contributed by atoms with Crippen LogP contribution in [0, 0.1) is 0 Å². The van der Waals surface area contributed by atoms with Crippen LogP contribution in [0.15, 0.2) is 54.1 Å². The number of benzene rings is 2. The van der Waals surface area contributed by atoms with E-state index in [2.05, 4.69) is 21.4 Å². The lowest BCUT2D eigenvalue weighted by atomic mass is 9.99. The molecule has 0 radical (unpaired) electrons. The molecule has 0 spiro atoms. The summed E-state index contributed by atoms with van der Waals surface area (Å²) in [5.74, 6) is -0.453. The van der Waals surface area contributed by atoms with E-state index in [1.807, 2.05) is 30.3 Å². The number of methoxy groups -OCH3 is 2. The number of carbonyl (C=O) groups is 3. The van der Waals surface area contributed by atoms with E-state index >= 15 is 0 Å². The van der Waals surface area contributed by atoms with Gasteiger partial charge >= 0.3 is 0 Å². The van der Waals surface area contributed by atoms with Crippen LogP contribution in [0.4, 0.5) is 5.69 Å². The number of aromatic nitrogens is 1.